The van der Waals surface area contributed by atoms with Crippen molar-refractivity contribution in [3.8, 4) is 5.75 Å². The maximum Gasteiger partial charge on any atom is 0.223 e. The van der Waals surface area contributed by atoms with Crippen LogP contribution in [0.3, 0.4) is 0 Å². The number of carbonyl (C=O) groups is 1. The summed E-state index contributed by atoms with van der Waals surface area (Å²) in [6, 6.07) is 8.06. The van der Waals surface area contributed by atoms with E-state index in [1.807, 2.05) is 51.1 Å². The molecule has 0 heterocycles. The van der Waals surface area contributed by atoms with Crippen molar-refractivity contribution in [1.29, 1.82) is 0 Å². The van der Waals surface area contributed by atoms with Crippen molar-refractivity contribution in [2.45, 2.75) is 33.7 Å². The highest BCUT2D eigenvalue weighted by molar-refractivity contribution is 5.74. The number of carbonyl (C=O) groups excluding carboxylic acids is 1. The largest absolute Gasteiger partial charge is 0.489 e. The highest BCUT2D eigenvalue weighted by Crippen LogP contribution is 2.12. The van der Waals surface area contributed by atoms with Gasteiger partial charge in [0.15, 0.2) is 0 Å². The van der Waals surface area contributed by atoms with E-state index in [0.29, 0.717) is 6.61 Å². The molecule has 0 atom stereocenters. The van der Waals surface area contributed by atoms with Gasteiger partial charge in [0.2, 0.25) is 5.91 Å². The predicted octanol–water partition coefficient (Wildman–Crippen LogP) is 3.14. The van der Waals surface area contributed by atoms with Gasteiger partial charge < -0.3 is 9.64 Å². The third-order valence-corrected chi connectivity index (χ3v) is 2.52. The topological polar surface area (TPSA) is 29.5 Å². The first-order chi connectivity index (χ1) is 8.50. The molecule has 0 radical (unpaired) electrons. The molecule has 1 aromatic carbocycles. The van der Waals surface area contributed by atoms with Crippen LogP contribution in [0.4, 0.5) is 0 Å². The van der Waals surface area contributed by atoms with Gasteiger partial charge in [0.25, 0.3) is 0 Å². The summed E-state index contributed by atoms with van der Waals surface area (Å²) in [6.45, 7) is 8.00. The van der Waals surface area contributed by atoms with Gasteiger partial charge in [-0.2, -0.15) is 0 Å². The average Bonchev–Trinajstić information content (AvgIpc) is 2.27. The molecule has 0 aliphatic rings. The third-order valence-electron chi connectivity index (χ3n) is 2.52. The van der Waals surface area contributed by atoms with Crippen molar-refractivity contribution in [2.75, 3.05) is 6.61 Å². The predicted molar refractivity (Wildman–Crippen MR) is 73.5 cm³/mol. The van der Waals surface area contributed by atoms with Gasteiger partial charge in [-0.05, 0) is 44.5 Å². The van der Waals surface area contributed by atoms with Crippen LogP contribution in [0.5, 0.6) is 5.75 Å². The van der Waals surface area contributed by atoms with Crippen LogP contribution in [-0.2, 0) is 4.79 Å². The van der Waals surface area contributed by atoms with E-state index in [1.165, 1.54) is 5.56 Å². The summed E-state index contributed by atoms with van der Waals surface area (Å²) in [5.41, 5.74) is 1.17. The molecule has 1 rings (SSSR count). The van der Waals surface area contributed by atoms with E-state index < -0.39 is 0 Å². The Morgan fingerprint density at radius 1 is 1.44 bits per heavy atom. The Bertz CT molecular complexity index is 424. The van der Waals surface area contributed by atoms with E-state index in [9.17, 15) is 4.79 Å². The summed E-state index contributed by atoms with van der Waals surface area (Å²) < 4.78 is 5.57. The zero-order valence-corrected chi connectivity index (χ0v) is 11.5. The van der Waals surface area contributed by atoms with Gasteiger partial charge in [0.1, 0.15) is 12.4 Å². The normalized spacial score (nSPS) is 10.9. The Morgan fingerprint density at radius 3 is 2.72 bits per heavy atom. The number of hydrogen-bond donors (Lipinski definition) is 0. The Balaban J connectivity index is 2.48. The Hall–Kier alpha value is -1.77. The van der Waals surface area contributed by atoms with Gasteiger partial charge in [0.05, 0.1) is 0 Å². The molecular weight excluding hydrogens is 226 g/mol. The highest BCUT2D eigenvalue weighted by Gasteiger charge is 2.07. The van der Waals surface area contributed by atoms with Crippen LogP contribution in [0.1, 0.15) is 26.3 Å². The first kappa shape index (κ1) is 14.3. The Kier molecular flexibility index (Phi) is 5.43. The molecule has 0 N–H and O–H groups in total. The summed E-state index contributed by atoms with van der Waals surface area (Å²) >= 11 is 0. The van der Waals surface area contributed by atoms with Crippen molar-refractivity contribution in [3.63, 3.8) is 0 Å². The second-order valence-electron chi connectivity index (χ2n) is 4.53. The molecule has 0 unspecified atom stereocenters. The summed E-state index contributed by atoms with van der Waals surface area (Å²) in [6.07, 6.45) is 3.63. The maximum atomic E-state index is 11.3. The second-order valence-corrected chi connectivity index (χ2v) is 4.53. The second kappa shape index (κ2) is 6.84. The minimum Gasteiger partial charge on any atom is -0.489 e. The number of rotatable bonds is 5. The third kappa shape index (κ3) is 4.62. The monoisotopic (exact) mass is 247 g/mol. The Morgan fingerprint density at radius 2 is 2.17 bits per heavy atom. The first-order valence-corrected chi connectivity index (χ1v) is 6.15. The molecule has 0 spiro atoms. The summed E-state index contributed by atoms with van der Waals surface area (Å²) in [7, 11) is 0. The molecule has 0 saturated carbocycles. The summed E-state index contributed by atoms with van der Waals surface area (Å²) in [5.74, 6) is 0.885. The fourth-order valence-corrected chi connectivity index (χ4v) is 1.65. The van der Waals surface area contributed by atoms with Crippen LogP contribution in [0.2, 0.25) is 0 Å². The summed E-state index contributed by atoms with van der Waals surface area (Å²) in [4.78, 5) is 13.0. The van der Waals surface area contributed by atoms with Crippen LogP contribution in [-0.4, -0.2) is 23.5 Å². The molecule has 0 fully saturated rings. The zero-order chi connectivity index (χ0) is 13.5. The molecule has 3 heteroatoms. The maximum absolute atomic E-state index is 11.3. The lowest BCUT2D eigenvalue weighted by atomic mass is 10.2. The number of ether oxygens (including phenoxy) is 1. The van der Waals surface area contributed by atoms with Gasteiger partial charge in [-0.15, -0.1) is 0 Å². The molecule has 18 heavy (non-hydrogen) atoms. The van der Waals surface area contributed by atoms with Crippen molar-refractivity contribution >= 4 is 5.91 Å². The quantitative estimate of drug-likeness (QED) is 0.800. The summed E-state index contributed by atoms with van der Waals surface area (Å²) in [5, 5.41) is 0. The van der Waals surface area contributed by atoms with Crippen molar-refractivity contribution in [2.24, 2.45) is 0 Å². The zero-order valence-electron chi connectivity index (χ0n) is 11.5. The lowest BCUT2D eigenvalue weighted by molar-refractivity contribution is -0.127. The minimum absolute atomic E-state index is 0.0387. The van der Waals surface area contributed by atoms with Crippen molar-refractivity contribution in [3.05, 3.63) is 42.1 Å². The van der Waals surface area contributed by atoms with Gasteiger partial charge in [-0.3, -0.25) is 4.79 Å². The van der Waals surface area contributed by atoms with E-state index in [1.54, 1.807) is 18.0 Å². The molecule has 0 aliphatic heterocycles. The van der Waals surface area contributed by atoms with Gasteiger partial charge in [0, 0.05) is 19.2 Å². The molecular formula is C15H21NO2. The SMILES string of the molecule is CC(=O)N(/C=C/COc1cccc(C)c1)C(C)C. The van der Waals surface area contributed by atoms with E-state index in [2.05, 4.69) is 0 Å². The molecule has 1 aromatic rings. The lowest BCUT2D eigenvalue weighted by Gasteiger charge is -2.20. The number of nitrogens with zero attached hydrogens (tertiary/aromatic N) is 1. The molecule has 0 saturated heterocycles. The first-order valence-electron chi connectivity index (χ1n) is 6.15. The standard InChI is InChI=1S/C15H21NO2/c1-12(2)16(14(4)17)9-6-10-18-15-8-5-7-13(3)11-15/h5-9,11-12H,10H2,1-4H3/b9-6+. The van der Waals surface area contributed by atoms with Crippen LogP contribution < -0.4 is 4.74 Å². The van der Waals surface area contributed by atoms with E-state index in [4.69, 9.17) is 4.74 Å². The molecule has 3 nitrogen and oxygen atoms in total. The lowest BCUT2D eigenvalue weighted by Crippen LogP contribution is -2.29. The van der Waals surface area contributed by atoms with E-state index in [0.717, 1.165) is 5.75 Å². The van der Waals surface area contributed by atoms with Gasteiger partial charge in [-0.25, -0.2) is 0 Å². The molecule has 1 amide bonds. The van der Waals surface area contributed by atoms with Crippen LogP contribution in [0, 0.1) is 6.92 Å². The number of hydrogen-bond acceptors (Lipinski definition) is 2. The number of aryl methyl sites for hydroxylation is 1. The fraction of sp³-hybridized carbons (Fsp3) is 0.400. The Labute approximate surface area is 109 Å². The average molecular weight is 247 g/mol. The van der Waals surface area contributed by atoms with Crippen LogP contribution in [0.25, 0.3) is 0 Å². The van der Waals surface area contributed by atoms with E-state index >= 15 is 0 Å². The fourth-order valence-electron chi connectivity index (χ4n) is 1.65. The molecule has 0 aliphatic carbocycles. The molecule has 98 valence electrons. The van der Waals surface area contributed by atoms with E-state index in [-0.39, 0.29) is 11.9 Å². The van der Waals surface area contributed by atoms with Gasteiger partial charge in [-0.1, -0.05) is 12.1 Å². The van der Waals surface area contributed by atoms with Crippen molar-refractivity contribution in [1.82, 2.24) is 4.90 Å². The van der Waals surface area contributed by atoms with Gasteiger partial charge >= 0.3 is 0 Å². The molecule has 0 bridgehead atoms. The minimum atomic E-state index is 0.0387. The number of benzene rings is 1. The molecule has 0 aromatic heterocycles. The number of amides is 1. The van der Waals surface area contributed by atoms with Crippen LogP contribution >= 0.6 is 0 Å². The van der Waals surface area contributed by atoms with Crippen LogP contribution in [0.15, 0.2) is 36.5 Å². The smallest absolute Gasteiger partial charge is 0.223 e. The highest BCUT2D eigenvalue weighted by atomic mass is 16.5. The van der Waals surface area contributed by atoms with Crippen molar-refractivity contribution < 1.29 is 9.53 Å².